The van der Waals surface area contributed by atoms with Crippen LogP contribution in [0.25, 0.3) is 0 Å². The number of carbonyl (C=O) groups is 2. The molecule has 2 saturated heterocycles. The van der Waals surface area contributed by atoms with Crippen molar-refractivity contribution >= 4 is 49.2 Å². The summed E-state index contributed by atoms with van der Waals surface area (Å²) in [4.78, 5) is 30.7. The Morgan fingerprint density at radius 1 is 0.968 bits per heavy atom. The average Bonchev–Trinajstić information content (AvgIpc) is 2.74. The van der Waals surface area contributed by atoms with Crippen molar-refractivity contribution in [3.63, 3.8) is 0 Å². The Bertz CT molecular complexity index is 524. The number of urea groups is 1. The predicted molar refractivity (Wildman–Crippen MR) is 130 cm³/mol. The molecular weight excluding hydrogens is 465 g/mol. The van der Waals surface area contributed by atoms with Gasteiger partial charge in [0.2, 0.25) is 0 Å². The number of piperidine rings is 1. The molecule has 0 atom stereocenters. The predicted octanol–water partition coefficient (Wildman–Crippen LogP) is 1.75. The number of carbonyl (C=O) groups excluding carboxylic acids is 2. The number of halogens is 3. The third-order valence-electron chi connectivity index (χ3n) is 6.68. The molecule has 0 bridgehead atoms. The maximum Gasteiger partial charge on any atom is 0.319 e. The van der Waals surface area contributed by atoms with Gasteiger partial charge in [-0.1, -0.05) is 0 Å². The van der Waals surface area contributed by atoms with Crippen LogP contribution in [0.3, 0.4) is 0 Å². The van der Waals surface area contributed by atoms with Crippen molar-refractivity contribution in [1.29, 1.82) is 0 Å². The van der Waals surface area contributed by atoms with E-state index in [1.165, 1.54) is 20.0 Å². The molecule has 2 aliphatic heterocycles. The third kappa shape index (κ3) is 9.10. The lowest BCUT2D eigenvalue weighted by Gasteiger charge is -2.41. The number of hydrogen-bond donors (Lipinski definition) is 2. The molecule has 1 saturated carbocycles. The van der Waals surface area contributed by atoms with Gasteiger partial charge in [-0.05, 0) is 58.7 Å². The minimum absolute atomic E-state index is 0. The highest BCUT2D eigenvalue weighted by atomic mass is 35.5. The Balaban J connectivity index is 0.00000300. The van der Waals surface area contributed by atoms with Crippen LogP contribution < -0.4 is 10.6 Å². The number of piperazine rings is 1. The highest BCUT2D eigenvalue weighted by Crippen LogP contribution is 2.23. The van der Waals surface area contributed by atoms with E-state index in [-0.39, 0.29) is 55.3 Å². The van der Waals surface area contributed by atoms with E-state index in [0.29, 0.717) is 18.6 Å². The van der Waals surface area contributed by atoms with E-state index in [9.17, 15) is 9.59 Å². The highest BCUT2D eigenvalue weighted by Gasteiger charge is 2.30. The first-order valence-corrected chi connectivity index (χ1v) is 10.8. The van der Waals surface area contributed by atoms with Crippen molar-refractivity contribution in [1.82, 2.24) is 25.3 Å². The Morgan fingerprint density at radius 2 is 1.55 bits per heavy atom. The molecular formula is C20H40Cl3N5O3. The summed E-state index contributed by atoms with van der Waals surface area (Å²) in [5, 5.41) is 6.66. The quantitative estimate of drug-likeness (QED) is 0.556. The standard InChI is InChI=1S/C20H37N5O3.3ClH/c1-23(15-19(26)28-2)17-5-3-16(4-6-17)22-20(27)25-13-11-24(12-14-25)18-7-9-21-10-8-18;;;/h16-18,21H,3-15H2,1-2H3,(H,22,27);3*1H. The summed E-state index contributed by atoms with van der Waals surface area (Å²) in [7, 11) is 3.40. The Labute approximate surface area is 205 Å². The second kappa shape index (κ2) is 15.3. The van der Waals surface area contributed by atoms with Crippen molar-refractivity contribution in [2.24, 2.45) is 0 Å². The topological polar surface area (TPSA) is 77.2 Å². The molecule has 3 aliphatic rings. The number of hydrogen-bond acceptors (Lipinski definition) is 6. The lowest BCUT2D eigenvalue weighted by atomic mass is 9.90. The molecule has 31 heavy (non-hydrogen) atoms. The number of amides is 2. The monoisotopic (exact) mass is 503 g/mol. The van der Waals surface area contributed by atoms with Crippen LogP contribution >= 0.6 is 37.2 Å². The van der Waals surface area contributed by atoms with Crippen LogP contribution in [0.1, 0.15) is 38.5 Å². The summed E-state index contributed by atoms with van der Waals surface area (Å²) in [5.41, 5.74) is 0. The van der Waals surface area contributed by atoms with Crippen LogP contribution in [0.4, 0.5) is 4.79 Å². The minimum atomic E-state index is -0.193. The third-order valence-corrected chi connectivity index (χ3v) is 6.68. The van der Waals surface area contributed by atoms with E-state index in [4.69, 9.17) is 4.74 Å². The lowest BCUT2D eigenvalue weighted by molar-refractivity contribution is -0.142. The Hall–Kier alpha value is -0.510. The largest absolute Gasteiger partial charge is 0.468 e. The van der Waals surface area contributed by atoms with E-state index < -0.39 is 0 Å². The summed E-state index contributed by atoms with van der Waals surface area (Å²) in [6.45, 7) is 6.19. The highest BCUT2D eigenvalue weighted by molar-refractivity contribution is 5.86. The molecule has 3 fully saturated rings. The van der Waals surface area contributed by atoms with Gasteiger partial charge in [0.15, 0.2) is 0 Å². The molecule has 2 N–H and O–H groups in total. The molecule has 0 unspecified atom stereocenters. The van der Waals surface area contributed by atoms with Gasteiger partial charge < -0.3 is 20.3 Å². The first kappa shape index (κ1) is 30.5. The Morgan fingerprint density at radius 3 is 2.10 bits per heavy atom. The summed E-state index contributed by atoms with van der Waals surface area (Å²) in [5.74, 6) is -0.193. The number of ether oxygens (including phenoxy) is 1. The van der Waals surface area contributed by atoms with Crippen LogP contribution in [0.5, 0.6) is 0 Å². The average molecular weight is 505 g/mol. The zero-order valence-electron chi connectivity index (χ0n) is 18.7. The zero-order valence-corrected chi connectivity index (χ0v) is 21.2. The van der Waals surface area contributed by atoms with Gasteiger partial charge in [0.1, 0.15) is 0 Å². The normalized spacial score (nSPS) is 24.9. The van der Waals surface area contributed by atoms with Crippen LogP contribution in [-0.4, -0.2) is 105 Å². The van der Waals surface area contributed by atoms with E-state index in [1.807, 2.05) is 11.9 Å². The van der Waals surface area contributed by atoms with Crippen molar-refractivity contribution in [2.75, 3.05) is 60.0 Å². The van der Waals surface area contributed by atoms with Gasteiger partial charge in [-0.2, -0.15) is 0 Å². The first-order valence-electron chi connectivity index (χ1n) is 10.8. The van der Waals surface area contributed by atoms with Crippen molar-refractivity contribution in [3.8, 4) is 0 Å². The fourth-order valence-corrected chi connectivity index (χ4v) is 4.79. The number of methoxy groups -OCH3 is 1. The molecule has 8 nitrogen and oxygen atoms in total. The second-order valence-corrected chi connectivity index (χ2v) is 8.45. The maximum absolute atomic E-state index is 12.7. The molecule has 0 aromatic heterocycles. The molecule has 11 heteroatoms. The van der Waals surface area contributed by atoms with Crippen molar-refractivity contribution in [3.05, 3.63) is 0 Å². The molecule has 0 aromatic rings. The van der Waals surface area contributed by atoms with E-state index >= 15 is 0 Å². The van der Waals surface area contributed by atoms with Gasteiger partial charge >= 0.3 is 12.0 Å². The number of likely N-dealkylation sites (N-methyl/N-ethyl adjacent to an activating group) is 1. The number of nitrogens with one attached hydrogen (secondary N) is 2. The van der Waals surface area contributed by atoms with Crippen molar-refractivity contribution in [2.45, 2.75) is 56.7 Å². The SMILES string of the molecule is COC(=O)CN(C)C1CCC(NC(=O)N2CCN(C3CCNCC3)CC2)CC1.Cl.Cl.Cl. The van der Waals surface area contributed by atoms with Crippen LogP contribution in [0.15, 0.2) is 0 Å². The summed E-state index contributed by atoms with van der Waals surface area (Å²) >= 11 is 0. The van der Waals surface area contributed by atoms with E-state index in [1.54, 1.807) is 0 Å². The summed E-state index contributed by atoms with van der Waals surface area (Å²) < 4.78 is 4.75. The van der Waals surface area contributed by atoms with Gasteiger partial charge in [0, 0.05) is 44.3 Å². The fourth-order valence-electron chi connectivity index (χ4n) is 4.79. The van der Waals surface area contributed by atoms with Gasteiger partial charge in [-0.3, -0.25) is 14.6 Å². The fraction of sp³-hybridized carbons (Fsp3) is 0.900. The smallest absolute Gasteiger partial charge is 0.319 e. The summed E-state index contributed by atoms with van der Waals surface area (Å²) in [6.07, 6.45) is 6.39. The lowest BCUT2D eigenvalue weighted by Crippen LogP contribution is -2.57. The molecule has 0 aromatic carbocycles. The number of nitrogens with zero attached hydrogens (tertiary/aromatic N) is 3. The molecule has 1 aliphatic carbocycles. The molecule has 3 rings (SSSR count). The van der Waals surface area contributed by atoms with Gasteiger partial charge in [-0.25, -0.2) is 4.79 Å². The van der Waals surface area contributed by atoms with Crippen LogP contribution in [0.2, 0.25) is 0 Å². The second-order valence-electron chi connectivity index (χ2n) is 8.45. The van der Waals surface area contributed by atoms with Crippen molar-refractivity contribution < 1.29 is 14.3 Å². The Kier molecular flexibility index (Phi) is 15.1. The molecule has 2 amide bonds. The van der Waals surface area contributed by atoms with E-state index in [0.717, 1.165) is 65.0 Å². The van der Waals surface area contributed by atoms with Gasteiger partial charge in [0.25, 0.3) is 0 Å². The maximum atomic E-state index is 12.7. The van der Waals surface area contributed by atoms with Gasteiger partial charge in [0.05, 0.1) is 13.7 Å². The molecule has 0 spiro atoms. The van der Waals surface area contributed by atoms with Crippen LogP contribution in [0, 0.1) is 0 Å². The molecule has 2 heterocycles. The zero-order chi connectivity index (χ0) is 19.9. The molecule has 184 valence electrons. The minimum Gasteiger partial charge on any atom is -0.468 e. The van der Waals surface area contributed by atoms with E-state index in [2.05, 4.69) is 20.4 Å². The summed E-state index contributed by atoms with van der Waals surface area (Å²) in [6, 6.07) is 1.42. The number of esters is 1. The number of rotatable bonds is 5. The first-order chi connectivity index (χ1) is 13.6. The van der Waals surface area contributed by atoms with Gasteiger partial charge in [-0.15, -0.1) is 37.2 Å². The molecule has 0 radical (unpaired) electrons. The van der Waals surface area contributed by atoms with Crippen LogP contribution in [-0.2, 0) is 9.53 Å².